The SMILES string of the molecule is CC1CN(C(=O)C2CCN(C(=O)c3cccc(CN4CCOCC4)c3)CC2)CC(C)O1. The molecule has 3 aliphatic heterocycles. The number of rotatable bonds is 4. The number of morpholine rings is 2. The third-order valence-electron chi connectivity index (χ3n) is 6.55. The van der Waals surface area contributed by atoms with Crippen LogP contribution in [0.5, 0.6) is 0 Å². The van der Waals surface area contributed by atoms with Crippen LogP contribution in [0, 0.1) is 5.92 Å². The summed E-state index contributed by atoms with van der Waals surface area (Å²) in [6, 6.07) is 7.98. The Labute approximate surface area is 185 Å². The van der Waals surface area contributed by atoms with E-state index in [1.54, 1.807) is 0 Å². The van der Waals surface area contributed by atoms with Crippen LogP contribution in [-0.4, -0.2) is 91.2 Å². The maximum atomic E-state index is 13.1. The first kappa shape index (κ1) is 22.2. The minimum Gasteiger partial charge on any atom is -0.379 e. The Hall–Kier alpha value is -1.96. The van der Waals surface area contributed by atoms with Gasteiger partial charge in [0, 0.05) is 57.3 Å². The minimum atomic E-state index is 0.00852. The Morgan fingerprint density at radius 1 is 0.968 bits per heavy atom. The Morgan fingerprint density at radius 2 is 1.65 bits per heavy atom. The molecule has 4 rings (SSSR count). The van der Waals surface area contributed by atoms with Crippen molar-refractivity contribution < 1.29 is 19.1 Å². The van der Waals surface area contributed by atoms with Gasteiger partial charge in [-0.05, 0) is 44.4 Å². The van der Waals surface area contributed by atoms with Crippen molar-refractivity contribution >= 4 is 11.8 Å². The molecule has 2 amide bonds. The van der Waals surface area contributed by atoms with E-state index in [9.17, 15) is 9.59 Å². The molecule has 3 saturated heterocycles. The lowest BCUT2D eigenvalue weighted by Gasteiger charge is -2.39. The van der Waals surface area contributed by atoms with Crippen molar-refractivity contribution in [3.8, 4) is 0 Å². The summed E-state index contributed by atoms with van der Waals surface area (Å²) in [7, 11) is 0. The quantitative estimate of drug-likeness (QED) is 0.733. The highest BCUT2D eigenvalue weighted by molar-refractivity contribution is 5.94. The molecule has 0 saturated carbocycles. The number of likely N-dealkylation sites (tertiary alicyclic amines) is 1. The Kier molecular flexibility index (Phi) is 7.25. The summed E-state index contributed by atoms with van der Waals surface area (Å²) in [5.74, 6) is 0.305. The van der Waals surface area contributed by atoms with Crippen LogP contribution in [0.25, 0.3) is 0 Å². The lowest BCUT2D eigenvalue weighted by molar-refractivity contribution is -0.148. The molecule has 3 aliphatic rings. The number of carbonyl (C=O) groups excluding carboxylic acids is 2. The van der Waals surface area contributed by atoms with Crippen molar-refractivity contribution in [3.63, 3.8) is 0 Å². The molecule has 3 heterocycles. The number of nitrogens with zero attached hydrogens (tertiary/aromatic N) is 3. The van der Waals surface area contributed by atoms with Crippen LogP contribution in [-0.2, 0) is 20.8 Å². The summed E-state index contributed by atoms with van der Waals surface area (Å²) >= 11 is 0. The number of hydrogen-bond acceptors (Lipinski definition) is 5. The zero-order valence-corrected chi connectivity index (χ0v) is 18.8. The minimum absolute atomic E-state index is 0.00852. The summed E-state index contributed by atoms with van der Waals surface area (Å²) in [6.07, 6.45) is 1.63. The van der Waals surface area contributed by atoms with Crippen LogP contribution in [0.15, 0.2) is 24.3 Å². The van der Waals surface area contributed by atoms with Crippen LogP contribution in [0.2, 0.25) is 0 Å². The fourth-order valence-electron chi connectivity index (χ4n) is 4.95. The molecule has 2 atom stereocenters. The highest BCUT2D eigenvalue weighted by Gasteiger charge is 2.33. The number of hydrogen-bond donors (Lipinski definition) is 0. The van der Waals surface area contributed by atoms with E-state index in [2.05, 4.69) is 11.0 Å². The fraction of sp³-hybridized carbons (Fsp3) is 0.667. The topological polar surface area (TPSA) is 62.3 Å². The summed E-state index contributed by atoms with van der Waals surface area (Å²) in [4.78, 5) is 32.3. The molecule has 7 nitrogen and oxygen atoms in total. The van der Waals surface area contributed by atoms with Gasteiger partial charge in [0.2, 0.25) is 5.91 Å². The number of benzene rings is 1. The van der Waals surface area contributed by atoms with Crippen molar-refractivity contribution in [1.82, 2.24) is 14.7 Å². The van der Waals surface area contributed by atoms with Crippen molar-refractivity contribution in [2.75, 3.05) is 52.5 Å². The van der Waals surface area contributed by atoms with E-state index in [-0.39, 0.29) is 29.9 Å². The Bertz CT molecular complexity index is 762. The monoisotopic (exact) mass is 429 g/mol. The molecule has 1 aromatic rings. The lowest BCUT2D eigenvalue weighted by atomic mass is 9.94. The van der Waals surface area contributed by atoms with Crippen molar-refractivity contribution in [1.29, 1.82) is 0 Å². The summed E-state index contributed by atoms with van der Waals surface area (Å²) in [5.41, 5.74) is 1.90. The van der Waals surface area contributed by atoms with Gasteiger partial charge in [0.25, 0.3) is 5.91 Å². The molecular weight excluding hydrogens is 394 g/mol. The number of ether oxygens (including phenoxy) is 2. The third kappa shape index (κ3) is 5.64. The molecule has 0 spiro atoms. The van der Waals surface area contributed by atoms with E-state index in [0.717, 1.165) is 56.8 Å². The van der Waals surface area contributed by atoms with E-state index >= 15 is 0 Å². The first-order chi connectivity index (χ1) is 15.0. The van der Waals surface area contributed by atoms with Crippen LogP contribution in [0.1, 0.15) is 42.6 Å². The molecule has 2 unspecified atom stereocenters. The normalized spacial score (nSPS) is 26.1. The molecule has 170 valence electrons. The van der Waals surface area contributed by atoms with Gasteiger partial charge < -0.3 is 19.3 Å². The maximum absolute atomic E-state index is 13.1. The van der Waals surface area contributed by atoms with Crippen molar-refractivity contribution in [2.45, 2.75) is 45.4 Å². The van der Waals surface area contributed by atoms with Gasteiger partial charge >= 0.3 is 0 Å². The first-order valence-corrected chi connectivity index (χ1v) is 11.6. The average Bonchev–Trinajstić information content (AvgIpc) is 2.78. The smallest absolute Gasteiger partial charge is 0.253 e. The van der Waals surface area contributed by atoms with Crippen LogP contribution < -0.4 is 0 Å². The van der Waals surface area contributed by atoms with Gasteiger partial charge in [-0.15, -0.1) is 0 Å². The van der Waals surface area contributed by atoms with Crippen molar-refractivity contribution in [2.24, 2.45) is 5.92 Å². The Balaban J connectivity index is 1.31. The number of piperidine rings is 1. The third-order valence-corrected chi connectivity index (χ3v) is 6.55. The molecule has 31 heavy (non-hydrogen) atoms. The highest BCUT2D eigenvalue weighted by atomic mass is 16.5. The second-order valence-electron chi connectivity index (χ2n) is 9.16. The largest absolute Gasteiger partial charge is 0.379 e. The zero-order chi connectivity index (χ0) is 21.8. The van der Waals surface area contributed by atoms with Crippen molar-refractivity contribution in [3.05, 3.63) is 35.4 Å². The molecule has 0 N–H and O–H groups in total. The predicted molar refractivity (Wildman–Crippen MR) is 118 cm³/mol. The zero-order valence-electron chi connectivity index (χ0n) is 18.8. The fourth-order valence-corrected chi connectivity index (χ4v) is 4.95. The molecule has 0 aromatic heterocycles. The van der Waals surface area contributed by atoms with Crippen LogP contribution in [0.4, 0.5) is 0 Å². The van der Waals surface area contributed by atoms with Crippen LogP contribution in [0.3, 0.4) is 0 Å². The number of amides is 2. The molecule has 3 fully saturated rings. The summed E-state index contributed by atoms with van der Waals surface area (Å²) in [6.45, 7) is 10.9. The van der Waals surface area contributed by atoms with Gasteiger partial charge in [0.15, 0.2) is 0 Å². The van der Waals surface area contributed by atoms with E-state index < -0.39 is 0 Å². The van der Waals surface area contributed by atoms with Crippen LogP contribution >= 0.6 is 0 Å². The second-order valence-corrected chi connectivity index (χ2v) is 9.16. The standard InChI is InChI=1S/C24H35N3O4/c1-18-15-27(16-19(2)31-18)23(28)21-6-8-26(9-7-21)24(29)22-5-3-4-20(14-22)17-25-10-12-30-13-11-25/h3-5,14,18-19,21H,6-13,15-17H2,1-2H3. The van der Waals surface area contributed by atoms with Gasteiger partial charge in [-0.1, -0.05) is 12.1 Å². The van der Waals surface area contributed by atoms with E-state index in [4.69, 9.17) is 9.47 Å². The first-order valence-electron chi connectivity index (χ1n) is 11.6. The second kappa shape index (κ2) is 10.1. The molecule has 0 bridgehead atoms. The molecule has 0 radical (unpaired) electrons. The summed E-state index contributed by atoms with van der Waals surface area (Å²) < 4.78 is 11.2. The van der Waals surface area contributed by atoms with E-state index in [0.29, 0.717) is 26.2 Å². The highest BCUT2D eigenvalue weighted by Crippen LogP contribution is 2.23. The van der Waals surface area contributed by atoms with E-state index in [1.807, 2.05) is 41.8 Å². The van der Waals surface area contributed by atoms with Gasteiger partial charge in [-0.25, -0.2) is 0 Å². The maximum Gasteiger partial charge on any atom is 0.253 e. The predicted octanol–water partition coefficient (Wildman–Crippen LogP) is 2.01. The molecular formula is C24H35N3O4. The van der Waals surface area contributed by atoms with Gasteiger partial charge in [-0.3, -0.25) is 14.5 Å². The van der Waals surface area contributed by atoms with Gasteiger partial charge in [0.1, 0.15) is 0 Å². The average molecular weight is 430 g/mol. The van der Waals surface area contributed by atoms with Gasteiger partial charge in [0.05, 0.1) is 25.4 Å². The van der Waals surface area contributed by atoms with Gasteiger partial charge in [-0.2, -0.15) is 0 Å². The molecule has 0 aliphatic carbocycles. The molecule has 1 aromatic carbocycles. The molecule has 7 heteroatoms. The summed E-state index contributed by atoms with van der Waals surface area (Å²) in [5, 5.41) is 0. The lowest BCUT2D eigenvalue weighted by Crippen LogP contribution is -2.51. The van der Waals surface area contributed by atoms with E-state index in [1.165, 1.54) is 0 Å². The Morgan fingerprint density at radius 3 is 2.32 bits per heavy atom. The number of carbonyl (C=O) groups is 2.